The minimum absolute atomic E-state index is 0.942. The van der Waals surface area contributed by atoms with Gasteiger partial charge in [0.05, 0.1) is 13.4 Å². The van der Waals surface area contributed by atoms with E-state index in [2.05, 4.69) is 31.2 Å². The molecule has 0 unspecified atom stereocenters. The second-order valence-corrected chi connectivity index (χ2v) is 2.98. The number of allylic oxidation sites excluding steroid dienone is 1. The molecule has 70 valence electrons. The molecule has 0 aliphatic carbocycles. The lowest BCUT2D eigenvalue weighted by Crippen LogP contribution is -1.83. The van der Waals surface area contributed by atoms with E-state index in [1.165, 1.54) is 11.1 Å². The first kappa shape index (κ1) is 9.85. The fourth-order valence-electron chi connectivity index (χ4n) is 1.19. The van der Waals surface area contributed by atoms with Crippen LogP contribution < -0.4 is 0 Å². The summed E-state index contributed by atoms with van der Waals surface area (Å²) in [4.78, 5) is 0. The van der Waals surface area contributed by atoms with Gasteiger partial charge >= 0.3 is 0 Å². The highest BCUT2D eigenvalue weighted by atomic mass is 16.5. The van der Waals surface area contributed by atoms with Crippen molar-refractivity contribution in [2.45, 2.75) is 19.8 Å². The number of methoxy groups -OCH3 is 1. The maximum atomic E-state index is 4.83. The summed E-state index contributed by atoms with van der Waals surface area (Å²) in [6.07, 6.45) is 5.78. The molecule has 0 spiro atoms. The molecule has 1 aromatic carbocycles. The van der Waals surface area contributed by atoms with E-state index in [1.807, 2.05) is 6.08 Å². The van der Waals surface area contributed by atoms with Gasteiger partial charge in [-0.2, -0.15) is 0 Å². The molecule has 0 aliphatic rings. The second-order valence-electron chi connectivity index (χ2n) is 2.98. The summed E-state index contributed by atoms with van der Waals surface area (Å²) >= 11 is 0. The molecular formula is C12H16O. The van der Waals surface area contributed by atoms with Crippen LogP contribution in [0.15, 0.2) is 36.6 Å². The molecule has 1 nitrogen and oxygen atoms in total. The third kappa shape index (κ3) is 3.32. The number of benzene rings is 1. The van der Waals surface area contributed by atoms with Crippen LogP contribution in [0.5, 0.6) is 0 Å². The zero-order valence-corrected chi connectivity index (χ0v) is 8.29. The van der Waals surface area contributed by atoms with Crippen LogP contribution in [0.1, 0.15) is 18.1 Å². The number of hydrogen-bond donors (Lipinski definition) is 0. The Balaban J connectivity index is 2.54. The molecule has 0 aliphatic heterocycles. The Kier molecular flexibility index (Phi) is 4.10. The van der Waals surface area contributed by atoms with Crippen molar-refractivity contribution >= 4 is 0 Å². The van der Waals surface area contributed by atoms with Crippen molar-refractivity contribution in [2.24, 2.45) is 0 Å². The Morgan fingerprint density at radius 1 is 1.15 bits per heavy atom. The smallest absolute Gasteiger partial charge is 0.0788 e. The van der Waals surface area contributed by atoms with Crippen LogP contribution in [0.25, 0.3) is 0 Å². The molecule has 1 rings (SSSR count). The van der Waals surface area contributed by atoms with E-state index >= 15 is 0 Å². The Labute approximate surface area is 80.0 Å². The maximum absolute atomic E-state index is 4.83. The van der Waals surface area contributed by atoms with E-state index in [-0.39, 0.29) is 0 Å². The SMILES string of the molecule is CCc1ccc(CC=COC)cc1. The first-order valence-corrected chi connectivity index (χ1v) is 4.62. The summed E-state index contributed by atoms with van der Waals surface area (Å²) in [7, 11) is 1.66. The van der Waals surface area contributed by atoms with Crippen molar-refractivity contribution in [3.63, 3.8) is 0 Å². The second kappa shape index (κ2) is 5.41. The van der Waals surface area contributed by atoms with Crippen molar-refractivity contribution in [1.29, 1.82) is 0 Å². The van der Waals surface area contributed by atoms with Crippen LogP contribution in [0.3, 0.4) is 0 Å². The molecule has 13 heavy (non-hydrogen) atoms. The van der Waals surface area contributed by atoms with Gasteiger partial charge in [-0.25, -0.2) is 0 Å². The highest BCUT2D eigenvalue weighted by Crippen LogP contribution is 2.05. The molecule has 0 heterocycles. The van der Waals surface area contributed by atoms with Crippen LogP contribution in [-0.2, 0) is 17.6 Å². The number of aryl methyl sites for hydroxylation is 1. The normalized spacial score (nSPS) is 10.6. The van der Waals surface area contributed by atoms with E-state index in [9.17, 15) is 0 Å². The molecule has 1 aromatic rings. The lowest BCUT2D eigenvalue weighted by molar-refractivity contribution is 0.337. The Hall–Kier alpha value is -1.24. The van der Waals surface area contributed by atoms with Gasteiger partial charge in [-0.05, 0) is 30.0 Å². The summed E-state index contributed by atoms with van der Waals surface area (Å²) in [5.74, 6) is 0. The fourth-order valence-corrected chi connectivity index (χ4v) is 1.19. The van der Waals surface area contributed by atoms with Crippen LogP contribution in [-0.4, -0.2) is 7.11 Å². The standard InChI is InChI=1S/C12H16O/c1-3-11-6-8-12(9-7-11)5-4-10-13-2/h4,6-10H,3,5H2,1-2H3. The third-order valence-electron chi connectivity index (χ3n) is 2.02. The van der Waals surface area contributed by atoms with Crippen LogP contribution in [0.2, 0.25) is 0 Å². The predicted octanol–water partition coefficient (Wildman–Crippen LogP) is 2.95. The summed E-state index contributed by atoms with van der Waals surface area (Å²) in [5.41, 5.74) is 2.71. The minimum atomic E-state index is 0.942. The highest BCUT2D eigenvalue weighted by molar-refractivity contribution is 5.23. The lowest BCUT2D eigenvalue weighted by Gasteiger charge is -1.98. The van der Waals surface area contributed by atoms with Crippen molar-refractivity contribution in [3.8, 4) is 0 Å². The molecule has 0 fully saturated rings. The van der Waals surface area contributed by atoms with Crippen LogP contribution in [0, 0.1) is 0 Å². The van der Waals surface area contributed by atoms with E-state index in [1.54, 1.807) is 13.4 Å². The zero-order valence-electron chi connectivity index (χ0n) is 8.29. The fraction of sp³-hybridized carbons (Fsp3) is 0.333. The quantitative estimate of drug-likeness (QED) is 0.641. The van der Waals surface area contributed by atoms with Crippen molar-refractivity contribution in [1.82, 2.24) is 0 Å². The molecule has 1 heteroatoms. The summed E-state index contributed by atoms with van der Waals surface area (Å²) in [6.45, 7) is 2.17. The van der Waals surface area contributed by atoms with Gasteiger partial charge in [0, 0.05) is 0 Å². The molecule has 0 N–H and O–H groups in total. The van der Waals surface area contributed by atoms with Crippen molar-refractivity contribution < 1.29 is 4.74 Å². The summed E-state index contributed by atoms with van der Waals surface area (Å²) in [6, 6.07) is 8.68. The first-order valence-electron chi connectivity index (χ1n) is 4.62. The highest BCUT2D eigenvalue weighted by Gasteiger charge is 1.90. The number of rotatable bonds is 4. The van der Waals surface area contributed by atoms with Crippen LogP contribution in [0.4, 0.5) is 0 Å². The monoisotopic (exact) mass is 176 g/mol. The first-order chi connectivity index (χ1) is 6.36. The molecular weight excluding hydrogens is 160 g/mol. The zero-order chi connectivity index (χ0) is 9.52. The lowest BCUT2D eigenvalue weighted by atomic mass is 10.1. The largest absolute Gasteiger partial charge is 0.505 e. The van der Waals surface area contributed by atoms with Crippen molar-refractivity contribution in [2.75, 3.05) is 7.11 Å². The molecule has 0 saturated carbocycles. The van der Waals surface area contributed by atoms with Gasteiger partial charge in [0.1, 0.15) is 0 Å². The Morgan fingerprint density at radius 3 is 2.31 bits per heavy atom. The molecule has 0 bridgehead atoms. The Bertz CT molecular complexity index is 259. The topological polar surface area (TPSA) is 9.23 Å². The van der Waals surface area contributed by atoms with Crippen LogP contribution >= 0.6 is 0 Å². The van der Waals surface area contributed by atoms with Gasteiger partial charge in [-0.1, -0.05) is 31.2 Å². The summed E-state index contributed by atoms with van der Waals surface area (Å²) < 4.78 is 4.83. The van der Waals surface area contributed by atoms with Crippen molar-refractivity contribution in [3.05, 3.63) is 47.7 Å². The van der Waals surface area contributed by atoms with Gasteiger partial charge < -0.3 is 4.74 Å². The summed E-state index contributed by atoms with van der Waals surface area (Å²) in [5, 5.41) is 0. The minimum Gasteiger partial charge on any atom is -0.505 e. The average Bonchev–Trinajstić information content (AvgIpc) is 2.19. The number of hydrogen-bond acceptors (Lipinski definition) is 1. The van der Waals surface area contributed by atoms with Gasteiger partial charge in [-0.3, -0.25) is 0 Å². The van der Waals surface area contributed by atoms with Gasteiger partial charge in [0.2, 0.25) is 0 Å². The van der Waals surface area contributed by atoms with E-state index in [0.29, 0.717) is 0 Å². The molecule has 0 aromatic heterocycles. The van der Waals surface area contributed by atoms with E-state index < -0.39 is 0 Å². The van der Waals surface area contributed by atoms with Gasteiger partial charge in [-0.15, -0.1) is 0 Å². The molecule has 0 saturated heterocycles. The molecule has 0 atom stereocenters. The number of ether oxygens (including phenoxy) is 1. The maximum Gasteiger partial charge on any atom is 0.0788 e. The van der Waals surface area contributed by atoms with E-state index in [4.69, 9.17) is 4.74 Å². The predicted molar refractivity (Wildman–Crippen MR) is 55.7 cm³/mol. The van der Waals surface area contributed by atoms with E-state index in [0.717, 1.165) is 12.8 Å². The molecule has 0 radical (unpaired) electrons. The Morgan fingerprint density at radius 2 is 1.77 bits per heavy atom. The van der Waals surface area contributed by atoms with Gasteiger partial charge in [0.25, 0.3) is 0 Å². The average molecular weight is 176 g/mol. The van der Waals surface area contributed by atoms with Gasteiger partial charge in [0.15, 0.2) is 0 Å². The third-order valence-corrected chi connectivity index (χ3v) is 2.02. The molecule has 0 amide bonds.